The van der Waals surface area contributed by atoms with Crippen LogP contribution in [0.1, 0.15) is 80.1 Å². The van der Waals surface area contributed by atoms with Crippen LogP contribution in [0.4, 0.5) is 0 Å². The predicted molar refractivity (Wildman–Crippen MR) is 204 cm³/mol. The molecule has 17 nitrogen and oxygen atoms in total. The molecule has 1 rings (SSSR count). The number of hydrogen-bond acceptors (Lipinski definition) is 11. The molecule has 0 aromatic heterocycles. The lowest BCUT2D eigenvalue weighted by atomic mass is 9.93. The van der Waals surface area contributed by atoms with Crippen molar-refractivity contribution in [1.29, 1.82) is 0 Å². The Kier molecular flexibility index (Phi) is 23.1. The number of amides is 3. The summed E-state index contributed by atoms with van der Waals surface area (Å²) in [6.45, 7) is 16.6. The summed E-state index contributed by atoms with van der Waals surface area (Å²) in [6.07, 6.45) is 3.35. The quantitative estimate of drug-likeness (QED) is 0.0742. The van der Waals surface area contributed by atoms with Crippen molar-refractivity contribution in [2.45, 2.75) is 86.1 Å². The Balaban J connectivity index is 2.65. The van der Waals surface area contributed by atoms with Gasteiger partial charge in [-0.3, -0.25) is 43.5 Å². The highest BCUT2D eigenvalue weighted by Gasteiger charge is 2.29. The van der Waals surface area contributed by atoms with Crippen molar-refractivity contribution in [2.75, 3.05) is 105 Å². The first-order valence-corrected chi connectivity index (χ1v) is 19.3. The number of ether oxygens (including phenoxy) is 1. The van der Waals surface area contributed by atoms with Crippen LogP contribution in [0.25, 0.3) is 0 Å². The van der Waals surface area contributed by atoms with Gasteiger partial charge in [-0.05, 0) is 19.4 Å². The lowest BCUT2D eigenvalue weighted by Crippen LogP contribution is -2.51. The van der Waals surface area contributed by atoms with Gasteiger partial charge in [0.15, 0.2) is 0 Å². The molecule has 0 spiro atoms. The molecule has 0 saturated carbocycles. The molecule has 0 aromatic carbocycles. The molecule has 312 valence electrons. The zero-order valence-corrected chi connectivity index (χ0v) is 33.6. The Bertz CT molecular complexity index is 1190. The maximum Gasteiger partial charge on any atom is 0.320 e. The molecule has 17 heteroatoms. The van der Waals surface area contributed by atoms with Crippen molar-refractivity contribution >= 4 is 35.6 Å². The van der Waals surface area contributed by atoms with Gasteiger partial charge in [0, 0.05) is 89.1 Å². The largest absolute Gasteiger partial charge is 0.480 e. The Labute approximate surface area is 321 Å². The van der Waals surface area contributed by atoms with Gasteiger partial charge in [-0.25, -0.2) is 0 Å². The van der Waals surface area contributed by atoms with E-state index >= 15 is 0 Å². The molecule has 6 N–H and O–H groups in total. The highest BCUT2D eigenvalue weighted by atomic mass is 16.5. The molecule has 0 bridgehead atoms. The second-order valence-electron chi connectivity index (χ2n) is 15.8. The molecule has 1 aliphatic heterocycles. The molecule has 0 radical (unpaired) electrons. The summed E-state index contributed by atoms with van der Waals surface area (Å²) in [5.41, 5.74) is -0.668. The third kappa shape index (κ3) is 22.7. The zero-order chi connectivity index (χ0) is 40.7. The van der Waals surface area contributed by atoms with Crippen LogP contribution in [0.15, 0.2) is 0 Å². The van der Waals surface area contributed by atoms with Crippen molar-refractivity contribution < 1.29 is 48.8 Å². The minimum Gasteiger partial charge on any atom is -0.480 e. The van der Waals surface area contributed by atoms with E-state index in [4.69, 9.17) is 4.74 Å². The van der Waals surface area contributed by atoms with Gasteiger partial charge in [-0.15, -0.1) is 0 Å². The number of carboxylic acid groups (broad SMARTS) is 3. The van der Waals surface area contributed by atoms with E-state index in [9.17, 15) is 44.1 Å². The van der Waals surface area contributed by atoms with E-state index in [0.29, 0.717) is 78.5 Å². The molecule has 54 heavy (non-hydrogen) atoms. The first kappa shape index (κ1) is 48.6. The molecule has 1 saturated heterocycles. The molecule has 0 aliphatic carbocycles. The van der Waals surface area contributed by atoms with Crippen LogP contribution in [0, 0.1) is 10.8 Å². The Hall–Kier alpha value is -3.38. The fraction of sp³-hybridized carbons (Fsp3) is 0.838. The van der Waals surface area contributed by atoms with Crippen molar-refractivity contribution in [2.24, 2.45) is 10.8 Å². The molecule has 1 atom stereocenters. The predicted octanol–water partition coefficient (Wildman–Crippen LogP) is 0.628. The minimum atomic E-state index is -1.10. The van der Waals surface area contributed by atoms with E-state index in [-0.39, 0.29) is 62.8 Å². The number of nitrogens with zero attached hydrogens (tertiary/aromatic N) is 4. The van der Waals surface area contributed by atoms with E-state index in [1.54, 1.807) is 14.7 Å². The van der Waals surface area contributed by atoms with E-state index in [2.05, 4.69) is 27.8 Å². The number of carboxylic acids is 3. The van der Waals surface area contributed by atoms with Crippen molar-refractivity contribution in [3.05, 3.63) is 0 Å². The van der Waals surface area contributed by atoms with Crippen molar-refractivity contribution in [1.82, 2.24) is 35.6 Å². The highest BCUT2D eigenvalue weighted by Crippen LogP contribution is 2.19. The number of carbonyl (C=O) groups excluding carboxylic acids is 3. The Morgan fingerprint density at radius 2 is 1.09 bits per heavy atom. The average molecular weight is 772 g/mol. The molecule has 3 amide bonds. The van der Waals surface area contributed by atoms with Crippen molar-refractivity contribution in [3.63, 3.8) is 0 Å². The average Bonchev–Trinajstić information content (AvgIpc) is 3.08. The minimum absolute atomic E-state index is 0.0104. The molecule has 1 aliphatic rings. The third-order valence-corrected chi connectivity index (χ3v) is 9.37. The summed E-state index contributed by atoms with van der Waals surface area (Å²) >= 11 is 0. The van der Waals surface area contributed by atoms with Crippen LogP contribution in [-0.2, 0) is 33.5 Å². The summed E-state index contributed by atoms with van der Waals surface area (Å²) in [6, 6.07) is -1.02. The van der Waals surface area contributed by atoms with Gasteiger partial charge in [0.2, 0.25) is 17.7 Å². The number of carbonyl (C=O) groups is 6. The van der Waals surface area contributed by atoms with Gasteiger partial charge < -0.3 is 40.9 Å². The topological polar surface area (TPSA) is 221 Å². The van der Waals surface area contributed by atoms with Gasteiger partial charge in [-0.2, -0.15) is 0 Å². The standard InChI is InChI=1S/C37H69N7O10/c1-7-9-10-11-30(45)39-25-36(3,4)27-54-28-37(5,6)26-40-32(47)22-38-31(46)13-12-29(35(52)53)44-20-18-41(8-2)14-15-42(23-33(48)49)16-17-43(19-21-44)24-34(50)51/h29H,7-28H2,1-6H3,(H,38,46)(H,39,45)(H,40,47)(H,48,49)(H,50,51)(H,52,53). The second kappa shape index (κ2) is 25.7. The van der Waals surface area contributed by atoms with Gasteiger partial charge in [-0.1, -0.05) is 54.4 Å². The first-order valence-electron chi connectivity index (χ1n) is 19.3. The molecule has 1 unspecified atom stereocenters. The van der Waals surface area contributed by atoms with Gasteiger partial charge in [0.1, 0.15) is 6.04 Å². The lowest BCUT2D eigenvalue weighted by Gasteiger charge is -2.35. The smallest absolute Gasteiger partial charge is 0.320 e. The summed E-state index contributed by atoms with van der Waals surface area (Å²) in [5, 5.41) is 37.4. The van der Waals surface area contributed by atoms with Gasteiger partial charge >= 0.3 is 17.9 Å². The third-order valence-electron chi connectivity index (χ3n) is 9.37. The molecule has 1 fully saturated rings. The SMILES string of the molecule is CCCCCC(=O)NCC(C)(C)COCC(C)(C)CNC(=O)CNC(=O)CCC(C(=O)O)N1CCN(CC)CCN(CC(=O)O)CCN(CC(=O)O)CC1. The van der Waals surface area contributed by atoms with Crippen LogP contribution in [-0.4, -0.2) is 181 Å². The molecular formula is C37H69N7O10. The van der Waals surface area contributed by atoms with Gasteiger partial charge in [0.05, 0.1) is 32.8 Å². The second-order valence-corrected chi connectivity index (χ2v) is 15.8. The van der Waals surface area contributed by atoms with E-state index < -0.39 is 35.3 Å². The monoisotopic (exact) mass is 772 g/mol. The highest BCUT2D eigenvalue weighted by molar-refractivity contribution is 5.85. The van der Waals surface area contributed by atoms with E-state index in [0.717, 1.165) is 19.3 Å². The summed E-state index contributed by atoms with van der Waals surface area (Å²) in [4.78, 5) is 80.2. The van der Waals surface area contributed by atoms with Crippen LogP contribution in [0.5, 0.6) is 0 Å². The van der Waals surface area contributed by atoms with Crippen LogP contribution >= 0.6 is 0 Å². The van der Waals surface area contributed by atoms with Gasteiger partial charge in [0.25, 0.3) is 0 Å². The molecular weight excluding hydrogens is 702 g/mol. The van der Waals surface area contributed by atoms with Crippen LogP contribution in [0.3, 0.4) is 0 Å². The maximum atomic E-state index is 12.8. The van der Waals surface area contributed by atoms with Crippen molar-refractivity contribution in [3.8, 4) is 0 Å². The maximum absolute atomic E-state index is 12.8. The van der Waals surface area contributed by atoms with Crippen LogP contribution < -0.4 is 16.0 Å². The summed E-state index contributed by atoms with van der Waals surface area (Å²) < 4.78 is 5.96. The number of likely N-dealkylation sites (N-methyl/N-ethyl adjacent to an activating group) is 1. The number of hydrogen-bond donors (Lipinski definition) is 6. The number of nitrogens with one attached hydrogen (secondary N) is 3. The zero-order valence-electron chi connectivity index (χ0n) is 33.6. The Morgan fingerprint density at radius 3 is 1.57 bits per heavy atom. The Morgan fingerprint density at radius 1 is 0.630 bits per heavy atom. The normalized spacial score (nSPS) is 16.8. The number of unbranched alkanes of at least 4 members (excludes halogenated alkanes) is 2. The number of rotatable bonds is 24. The first-order chi connectivity index (χ1) is 25.4. The van der Waals surface area contributed by atoms with Crippen LogP contribution in [0.2, 0.25) is 0 Å². The lowest BCUT2D eigenvalue weighted by molar-refractivity contribution is -0.144. The molecule has 1 heterocycles. The van der Waals surface area contributed by atoms with E-state index in [1.165, 1.54) is 0 Å². The molecule has 0 aromatic rings. The number of aliphatic carboxylic acids is 3. The summed E-state index contributed by atoms with van der Waals surface area (Å²) in [7, 11) is 0. The fourth-order valence-corrected chi connectivity index (χ4v) is 5.94. The fourth-order valence-electron chi connectivity index (χ4n) is 5.94. The van der Waals surface area contributed by atoms with E-state index in [1.807, 2.05) is 34.6 Å². The summed E-state index contributed by atoms with van der Waals surface area (Å²) in [5.74, 6) is -3.92.